The smallest absolute Gasteiger partial charge is 0.193 e. The molecule has 0 saturated heterocycles. The van der Waals surface area contributed by atoms with Gasteiger partial charge in [-0.05, 0) is 55.0 Å². The van der Waals surface area contributed by atoms with Gasteiger partial charge in [0.25, 0.3) is 0 Å². The number of halogens is 2. The molecule has 7 heteroatoms. The van der Waals surface area contributed by atoms with Crippen LogP contribution in [-0.2, 0) is 0 Å². The van der Waals surface area contributed by atoms with Crippen molar-refractivity contribution in [1.29, 1.82) is 0 Å². The summed E-state index contributed by atoms with van der Waals surface area (Å²) in [6, 6.07) is 8.87. The molecule has 0 spiro atoms. The van der Waals surface area contributed by atoms with E-state index in [0.717, 1.165) is 12.1 Å². The number of carbonyl (C=O) groups excluding carboxylic acids is 1. The number of Topliss-reactive ketones (excluding diaryl/α,β-unsaturated/α-hetero) is 1. The molecule has 2 N–H and O–H groups in total. The average Bonchev–Trinajstić information content (AvgIpc) is 2.61. The van der Waals surface area contributed by atoms with E-state index in [4.69, 9.17) is 12.2 Å². The lowest BCUT2D eigenvalue weighted by Gasteiger charge is -2.36. The fourth-order valence-corrected chi connectivity index (χ4v) is 3.13. The summed E-state index contributed by atoms with van der Waals surface area (Å²) < 4.78 is 26.8. The molecule has 134 valence electrons. The van der Waals surface area contributed by atoms with E-state index in [2.05, 4.69) is 5.32 Å². The minimum Gasteiger partial charge on any atom is -0.508 e. The van der Waals surface area contributed by atoms with Crippen molar-refractivity contribution in [3.63, 3.8) is 0 Å². The number of phenols is 1. The first-order valence-electron chi connectivity index (χ1n) is 7.83. The van der Waals surface area contributed by atoms with E-state index < -0.39 is 23.5 Å². The second-order valence-corrected chi connectivity index (χ2v) is 6.38. The van der Waals surface area contributed by atoms with Gasteiger partial charge < -0.3 is 15.3 Å². The molecule has 0 amide bonds. The largest absolute Gasteiger partial charge is 0.508 e. The summed E-state index contributed by atoms with van der Waals surface area (Å²) >= 11 is 5.31. The maximum Gasteiger partial charge on any atom is 0.193 e. The number of hydrogen-bond donors (Lipinski definition) is 2. The van der Waals surface area contributed by atoms with Crippen LogP contribution < -0.4 is 5.32 Å². The Morgan fingerprint density at radius 2 is 1.92 bits per heavy atom. The maximum atomic E-state index is 13.6. The van der Waals surface area contributed by atoms with E-state index in [-0.39, 0.29) is 11.3 Å². The first-order chi connectivity index (χ1) is 12.3. The van der Waals surface area contributed by atoms with Crippen LogP contribution in [0.1, 0.15) is 28.9 Å². The van der Waals surface area contributed by atoms with Crippen molar-refractivity contribution in [3.05, 3.63) is 76.5 Å². The molecule has 0 aliphatic carbocycles. The van der Waals surface area contributed by atoms with Crippen LogP contribution >= 0.6 is 12.2 Å². The molecule has 0 bridgehead atoms. The van der Waals surface area contributed by atoms with Crippen LogP contribution in [0.15, 0.2) is 53.7 Å². The molecule has 0 radical (unpaired) electrons. The molecule has 1 heterocycles. The molecule has 3 rings (SSSR count). The van der Waals surface area contributed by atoms with E-state index in [9.17, 15) is 18.7 Å². The van der Waals surface area contributed by atoms with E-state index in [1.54, 1.807) is 31.0 Å². The standard InChI is InChI=1S/C19H16F2N2O2S/c1-10-16(18(25)12-6-7-14(20)15(21)9-12)17(22-19(26)23(10)2)11-4-3-5-13(24)8-11/h3-9,17,24H,1-2H3,(H,22,26)/t17-/m1/s1. The third-order valence-corrected chi connectivity index (χ3v) is 4.78. The Labute approximate surface area is 154 Å². The quantitative estimate of drug-likeness (QED) is 0.634. The monoisotopic (exact) mass is 374 g/mol. The highest BCUT2D eigenvalue weighted by Crippen LogP contribution is 2.33. The van der Waals surface area contributed by atoms with Crippen LogP contribution in [0.4, 0.5) is 8.78 Å². The van der Waals surface area contributed by atoms with E-state index in [1.807, 2.05) is 0 Å². The van der Waals surface area contributed by atoms with Gasteiger partial charge in [0.2, 0.25) is 0 Å². The van der Waals surface area contributed by atoms with Gasteiger partial charge in [0.05, 0.1) is 6.04 Å². The number of phenolic OH excluding ortho intramolecular Hbond substituents is 1. The van der Waals surface area contributed by atoms with Gasteiger partial charge in [-0.1, -0.05) is 12.1 Å². The van der Waals surface area contributed by atoms with E-state index >= 15 is 0 Å². The second kappa shape index (κ2) is 6.84. The molecule has 26 heavy (non-hydrogen) atoms. The molecule has 0 unspecified atom stereocenters. The van der Waals surface area contributed by atoms with Gasteiger partial charge in [-0.15, -0.1) is 0 Å². The highest BCUT2D eigenvalue weighted by Gasteiger charge is 2.33. The number of nitrogens with zero attached hydrogens (tertiary/aromatic N) is 1. The number of benzene rings is 2. The maximum absolute atomic E-state index is 13.6. The first-order valence-corrected chi connectivity index (χ1v) is 8.24. The topological polar surface area (TPSA) is 52.6 Å². The van der Waals surface area contributed by atoms with Crippen LogP contribution in [0.3, 0.4) is 0 Å². The Kier molecular flexibility index (Phi) is 4.73. The lowest BCUT2D eigenvalue weighted by molar-refractivity contribution is 0.102. The average molecular weight is 374 g/mol. The molecular formula is C19H16F2N2O2S. The normalized spacial score (nSPS) is 17.3. The van der Waals surface area contributed by atoms with Crippen LogP contribution in [-0.4, -0.2) is 27.9 Å². The fourth-order valence-electron chi connectivity index (χ4n) is 2.88. The number of carbonyl (C=O) groups is 1. The minimum atomic E-state index is -1.09. The van der Waals surface area contributed by atoms with Crippen LogP contribution in [0, 0.1) is 11.6 Å². The summed E-state index contributed by atoms with van der Waals surface area (Å²) in [6.45, 7) is 1.73. The number of hydrogen-bond acceptors (Lipinski definition) is 3. The molecule has 2 aromatic rings. The summed E-state index contributed by atoms with van der Waals surface area (Å²) in [4.78, 5) is 14.7. The molecule has 2 aromatic carbocycles. The van der Waals surface area contributed by atoms with Crippen molar-refractivity contribution >= 4 is 23.1 Å². The minimum absolute atomic E-state index is 0.0337. The molecule has 0 saturated carbocycles. The summed E-state index contributed by atoms with van der Waals surface area (Å²) in [5, 5.41) is 13.3. The zero-order valence-electron chi connectivity index (χ0n) is 14.1. The molecule has 1 aliphatic rings. The van der Waals surface area contributed by atoms with E-state index in [1.165, 1.54) is 18.2 Å². The molecule has 4 nitrogen and oxygen atoms in total. The van der Waals surface area contributed by atoms with Crippen LogP contribution in [0.25, 0.3) is 0 Å². The van der Waals surface area contributed by atoms with Gasteiger partial charge in [-0.3, -0.25) is 4.79 Å². The van der Waals surface area contributed by atoms with Crippen molar-refractivity contribution in [2.45, 2.75) is 13.0 Å². The summed E-state index contributed by atoms with van der Waals surface area (Å²) in [5.41, 5.74) is 1.60. The number of aromatic hydroxyl groups is 1. The summed E-state index contributed by atoms with van der Waals surface area (Å²) in [5.74, 6) is -2.50. The van der Waals surface area contributed by atoms with E-state index in [0.29, 0.717) is 21.9 Å². The van der Waals surface area contributed by atoms with Crippen molar-refractivity contribution in [1.82, 2.24) is 10.2 Å². The van der Waals surface area contributed by atoms with Gasteiger partial charge in [0.15, 0.2) is 22.5 Å². The zero-order valence-corrected chi connectivity index (χ0v) is 14.9. The van der Waals surface area contributed by atoms with Gasteiger partial charge >= 0.3 is 0 Å². The summed E-state index contributed by atoms with van der Waals surface area (Å²) in [7, 11) is 1.71. The third-order valence-electron chi connectivity index (χ3n) is 4.38. The van der Waals surface area contributed by atoms with Crippen molar-refractivity contribution in [2.75, 3.05) is 7.05 Å². The number of thiocarbonyl (C=S) groups is 1. The number of ketones is 1. The van der Waals surface area contributed by atoms with Crippen molar-refractivity contribution < 1.29 is 18.7 Å². The molecule has 0 fully saturated rings. The van der Waals surface area contributed by atoms with Gasteiger partial charge in [0.1, 0.15) is 5.75 Å². The lowest BCUT2D eigenvalue weighted by Crippen LogP contribution is -2.45. The predicted molar refractivity (Wildman–Crippen MR) is 97.7 cm³/mol. The number of allylic oxidation sites excluding steroid dienone is 1. The van der Waals surface area contributed by atoms with Crippen molar-refractivity contribution in [2.24, 2.45) is 0 Å². The number of nitrogens with one attached hydrogen (secondary N) is 1. The molecular weight excluding hydrogens is 358 g/mol. The van der Waals surface area contributed by atoms with Gasteiger partial charge in [-0.25, -0.2) is 8.78 Å². The lowest BCUT2D eigenvalue weighted by atomic mass is 9.89. The van der Waals surface area contributed by atoms with Crippen molar-refractivity contribution in [3.8, 4) is 5.75 Å². The van der Waals surface area contributed by atoms with Crippen LogP contribution in [0.5, 0.6) is 5.75 Å². The first kappa shape index (κ1) is 18.0. The predicted octanol–water partition coefficient (Wildman–Crippen LogP) is 3.69. The Balaban J connectivity index is 2.13. The number of rotatable bonds is 3. The highest BCUT2D eigenvalue weighted by atomic mass is 32.1. The Bertz CT molecular complexity index is 943. The Morgan fingerprint density at radius 1 is 1.19 bits per heavy atom. The highest BCUT2D eigenvalue weighted by molar-refractivity contribution is 7.80. The van der Waals surface area contributed by atoms with Crippen LogP contribution in [0.2, 0.25) is 0 Å². The van der Waals surface area contributed by atoms with Gasteiger partial charge in [-0.2, -0.15) is 0 Å². The SMILES string of the molecule is CC1=C(C(=O)c2ccc(F)c(F)c2)[C@@H](c2cccc(O)c2)NC(=S)N1C. The molecule has 0 aromatic heterocycles. The Hall–Kier alpha value is -2.80. The van der Waals surface area contributed by atoms with Gasteiger partial charge in [0, 0.05) is 23.9 Å². The zero-order chi connectivity index (χ0) is 19.0. The second-order valence-electron chi connectivity index (χ2n) is 5.99. The Morgan fingerprint density at radius 3 is 2.58 bits per heavy atom. The third kappa shape index (κ3) is 3.17. The summed E-state index contributed by atoms with van der Waals surface area (Å²) in [6.07, 6.45) is 0. The fraction of sp³-hybridized carbons (Fsp3) is 0.158. The molecule has 1 aliphatic heterocycles. The molecule has 1 atom stereocenters.